The lowest BCUT2D eigenvalue weighted by atomic mass is 10.1. The molecule has 6 nitrogen and oxygen atoms in total. The molecule has 0 saturated heterocycles. The third kappa shape index (κ3) is 3.70. The molecule has 126 valence electrons. The van der Waals surface area contributed by atoms with Gasteiger partial charge in [0.2, 0.25) is 0 Å². The zero-order valence-electron chi connectivity index (χ0n) is 12.6. The van der Waals surface area contributed by atoms with E-state index in [0.29, 0.717) is 5.56 Å². The van der Waals surface area contributed by atoms with E-state index in [9.17, 15) is 14.9 Å². The fraction of sp³-hybridized carbons (Fsp3) is 0.0588. The predicted molar refractivity (Wildman–Crippen MR) is 94.0 cm³/mol. The second-order valence-electron chi connectivity index (χ2n) is 5.13. The quantitative estimate of drug-likeness (QED) is 0.282. The molecule has 2 aromatic carbocycles. The second kappa shape index (κ2) is 7.04. The highest BCUT2D eigenvalue weighted by atomic mass is 35.5. The van der Waals surface area contributed by atoms with Gasteiger partial charge in [-0.3, -0.25) is 10.1 Å². The van der Waals surface area contributed by atoms with E-state index in [2.05, 4.69) is 4.98 Å². The van der Waals surface area contributed by atoms with Crippen LogP contribution in [0.3, 0.4) is 0 Å². The van der Waals surface area contributed by atoms with Crippen LogP contribution in [0.1, 0.15) is 15.9 Å². The van der Waals surface area contributed by atoms with Gasteiger partial charge in [-0.2, -0.15) is 0 Å². The molecule has 0 amide bonds. The van der Waals surface area contributed by atoms with Crippen molar-refractivity contribution in [3.63, 3.8) is 0 Å². The van der Waals surface area contributed by atoms with Crippen LogP contribution in [0.4, 0.5) is 5.69 Å². The van der Waals surface area contributed by atoms with Crippen molar-refractivity contribution >= 4 is 45.8 Å². The number of nitro groups is 1. The molecule has 3 rings (SSSR count). The molecule has 0 unspecified atom stereocenters. The van der Waals surface area contributed by atoms with Crippen LogP contribution in [0.15, 0.2) is 48.5 Å². The van der Waals surface area contributed by atoms with Crippen molar-refractivity contribution in [2.45, 2.75) is 6.61 Å². The molecular formula is C17H10Cl2N2O4. The number of benzene rings is 2. The lowest BCUT2D eigenvalue weighted by Gasteiger charge is -2.08. The number of hydrogen-bond donors (Lipinski definition) is 0. The van der Waals surface area contributed by atoms with Crippen LogP contribution in [-0.4, -0.2) is 15.9 Å². The van der Waals surface area contributed by atoms with E-state index in [1.807, 2.05) is 24.3 Å². The number of carbonyl (C=O) groups excluding carboxylic acids is 1. The van der Waals surface area contributed by atoms with Crippen molar-refractivity contribution in [1.29, 1.82) is 0 Å². The van der Waals surface area contributed by atoms with Gasteiger partial charge < -0.3 is 4.74 Å². The number of non-ortho nitro benzene ring substituents is 1. The molecule has 25 heavy (non-hydrogen) atoms. The molecule has 0 radical (unpaired) electrons. The molecule has 0 saturated carbocycles. The van der Waals surface area contributed by atoms with Gasteiger partial charge in [-0.05, 0) is 18.2 Å². The zero-order valence-corrected chi connectivity index (χ0v) is 14.1. The maximum Gasteiger partial charge on any atom is 0.340 e. The van der Waals surface area contributed by atoms with E-state index in [1.165, 1.54) is 12.1 Å². The number of hydrogen-bond acceptors (Lipinski definition) is 5. The van der Waals surface area contributed by atoms with Crippen molar-refractivity contribution in [1.82, 2.24) is 4.98 Å². The Morgan fingerprint density at radius 1 is 1.16 bits per heavy atom. The summed E-state index contributed by atoms with van der Waals surface area (Å²) in [4.78, 5) is 26.6. The van der Waals surface area contributed by atoms with Crippen LogP contribution >= 0.6 is 23.2 Å². The SMILES string of the molecule is O=C(OCc1cc2ccccc2nc1Cl)c1cc([N+](=O)[O-])ccc1Cl. The average molecular weight is 377 g/mol. The van der Waals surface area contributed by atoms with Crippen LogP contribution in [0, 0.1) is 10.1 Å². The third-order valence-corrected chi connectivity index (χ3v) is 4.15. The first-order chi connectivity index (χ1) is 12.0. The molecule has 1 heterocycles. The zero-order chi connectivity index (χ0) is 18.0. The molecule has 0 bridgehead atoms. The molecule has 0 aliphatic heterocycles. The van der Waals surface area contributed by atoms with Crippen molar-refractivity contribution in [2.24, 2.45) is 0 Å². The molecule has 3 aromatic rings. The minimum Gasteiger partial charge on any atom is -0.457 e. The highest BCUT2D eigenvalue weighted by Crippen LogP contribution is 2.25. The highest BCUT2D eigenvalue weighted by Gasteiger charge is 2.18. The van der Waals surface area contributed by atoms with Crippen LogP contribution in [-0.2, 0) is 11.3 Å². The smallest absolute Gasteiger partial charge is 0.340 e. The summed E-state index contributed by atoms with van der Waals surface area (Å²) >= 11 is 12.0. The van der Waals surface area contributed by atoms with Gasteiger partial charge in [0.15, 0.2) is 0 Å². The molecule has 0 aliphatic carbocycles. The minimum atomic E-state index is -0.780. The van der Waals surface area contributed by atoms with Gasteiger partial charge in [-0.25, -0.2) is 9.78 Å². The summed E-state index contributed by atoms with van der Waals surface area (Å²) in [6.07, 6.45) is 0. The van der Waals surface area contributed by atoms with Gasteiger partial charge in [0.25, 0.3) is 5.69 Å². The van der Waals surface area contributed by atoms with Crippen LogP contribution in [0.5, 0.6) is 0 Å². The molecule has 0 atom stereocenters. The first-order valence-electron chi connectivity index (χ1n) is 7.11. The van der Waals surface area contributed by atoms with E-state index in [4.69, 9.17) is 27.9 Å². The fourth-order valence-corrected chi connectivity index (χ4v) is 2.64. The molecule has 0 spiro atoms. The lowest BCUT2D eigenvalue weighted by molar-refractivity contribution is -0.384. The number of fused-ring (bicyclic) bond motifs is 1. The molecule has 0 aliphatic rings. The summed E-state index contributed by atoms with van der Waals surface area (Å²) in [5.74, 6) is -0.780. The van der Waals surface area contributed by atoms with E-state index in [0.717, 1.165) is 17.0 Å². The number of nitro benzene ring substituents is 1. The summed E-state index contributed by atoms with van der Waals surface area (Å²) < 4.78 is 5.19. The summed E-state index contributed by atoms with van der Waals surface area (Å²) in [5, 5.41) is 12.0. The Bertz CT molecular complexity index is 992. The monoisotopic (exact) mass is 376 g/mol. The van der Waals surface area contributed by atoms with Crippen molar-refractivity contribution in [3.8, 4) is 0 Å². The summed E-state index contributed by atoms with van der Waals surface area (Å²) in [5.41, 5.74) is 0.919. The number of rotatable bonds is 4. The second-order valence-corrected chi connectivity index (χ2v) is 5.89. The summed E-state index contributed by atoms with van der Waals surface area (Å²) in [6.45, 7) is -0.130. The van der Waals surface area contributed by atoms with Crippen LogP contribution in [0.2, 0.25) is 10.2 Å². The molecule has 1 aromatic heterocycles. The van der Waals surface area contributed by atoms with Gasteiger partial charge in [0.05, 0.1) is 21.0 Å². The van der Waals surface area contributed by atoms with Gasteiger partial charge >= 0.3 is 5.97 Å². The van der Waals surface area contributed by atoms with Gasteiger partial charge in [-0.15, -0.1) is 0 Å². The Hall–Kier alpha value is -2.70. The number of esters is 1. The Kier molecular flexibility index (Phi) is 4.83. The largest absolute Gasteiger partial charge is 0.457 e. The van der Waals surface area contributed by atoms with Crippen molar-refractivity contribution in [2.75, 3.05) is 0 Å². The lowest BCUT2D eigenvalue weighted by Crippen LogP contribution is -2.07. The fourth-order valence-electron chi connectivity index (χ4n) is 2.24. The van der Waals surface area contributed by atoms with Gasteiger partial charge in [0, 0.05) is 23.1 Å². The first kappa shape index (κ1) is 17.1. The van der Waals surface area contributed by atoms with E-state index in [-0.39, 0.29) is 28.0 Å². The molecule has 0 N–H and O–H groups in total. The Morgan fingerprint density at radius 3 is 2.68 bits per heavy atom. The van der Waals surface area contributed by atoms with E-state index >= 15 is 0 Å². The van der Waals surface area contributed by atoms with Crippen molar-refractivity contribution < 1.29 is 14.5 Å². The number of aromatic nitrogens is 1. The molecule has 8 heteroatoms. The standard InChI is InChI=1S/C17H10Cl2N2O4/c18-14-6-5-12(21(23)24)8-13(14)17(22)25-9-11-7-10-3-1-2-4-15(10)20-16(11)19/h1-8H,9H2. The number of nitrogens with zero attached hydrogens (tertiary/aromatic N) is 2. The molecule has 0 fully saturated rings. The third-order valence-electron chi connectivity index (χ3n) is 3.49. The number of para-hydroxylation sites is 1. The number of pyridine rings is 1. The van der Waals surface area contributed by atoms with Gasteiger partial charge in [-0.1, -0.05) is 41.4 Å². The van der Waals surface area contributed by atoms with Crippen molar-refractivity contribution in [3.05, 3.63) is 79.9 Å². The summed E-state index contributed by atoms with van der Waals surface area (Å²) in [7, 11) is 0. The maximum atomic E-state index is 12.2. The number of ether oxygens (including phenoxy) is 1. The molecular weight excluding hydrogens is 367 g/mol. The first-order valence-corrected chi connectivity index (χ1v) is 7.86. The van der Waals surface area contributed by atoms with Gasteiger partial charge in [0.1, 0.15) is 11.8 Å². The number of halogens is 2. The average Bonchev–Trinajstić information content (AvgIpc) is 2.59. The van der Waals surface area contributed by atoms with E-state index in [1.54, 1.807) is 6.07 Å². The highest BCUT2D eigenvalue weighted by molar-refractivity contribution is 6.33. The van der Waals surface area contributed by atoms with E-state index < -0.39 is 10.9 Å². The Labute approximate surface area is 152 Å². The Balaban J connectivity index is 1.82. The predicted octanol–water partition coefficient (Wildman–Crippen LogP) is 4.81. The number of carbonyl (C=O) groups is 1. The maximum absolute atomic E-state index is 12.2. The Morgan fingerprint density at radius 2 is 1.92 bits per heavy atom. The topological polar surface area (TPSA) is 82.3 Å². The van der Waals surface area contributed by atoms with Crippen LogP contribution < -0.4 is 0 Å². The minimum absolute atomic E-state index is 0.0679. The summed E-state index contributed by atoms with van der Waals surface area (Å²) in [6, 6.07) is 12.7. The van der Waals surface area contributed by atoms with Crippen LogP contribution in [0.25, 0.3) is 10.9 Å². The normalized spacial score (nSPS) is 10.6.